The molecule has 1 N–H and O–H groups in total. The van der Waals surface area contributed by atoms with Crippen molar-refractivity contribution in [1.29, 1.82) is 0 Å². The number of alkyl carbamates (subject to hydrolysis) is 1. The van der Waals surface area contributed by atoms with Crippen LogP contribution in [-0.4, -0.2) is 32.3 Å². The van der Waals surface area contributed by atoms with Gasteiger partial charge in [-0.15, -0.1) is 0 Å². The summed E-state index contributed by atoms with van der Waals surface area (Å²) in [5, 5.41) is 2.54. The van der Waals surface area contributed by atoms with Gasteiger partial charge in [-0.25, -0.2) is 9.18 Å². The second-order valence-electron chi connectivity index (χ2n) is 5.34. The first-order valence-corrected chi connectivity index (χ1v) is 8.01. The number of carbonyl (C=O) groups is 2. The minimum Gasteiger partial charge on any atom is -0.492 e. The average Bonchev–Trinajstić information content (AvgIpc) is 2.66. The van der Waals surface area contributed by atoms with Crippen LogP contribution >= 0.6 is 0 Å². The Morgan fingerprint density at radius 3 is 2.58 bits per heavy atom. The van der Waals surface area contributed by atoms with Gasteiger partial charge in [0.1, 0.15) is 24.8 Å². The van der Waals surface area contributed by atoms with E-state index in [0.717, 1.165) is 5.56 Å². The summed E-state index contributed by atoms with van der Waals surface area (Å²) in [7, 11) is 1.25. The van der Waals surface area contributed by atoms with E-state index in [1.807, 2.05) is 30.3 Å². The monoisotopic (exact) mass is 361 g/mol. The van der Waals surface area contributed by atoms with Gasteiger partial charge in [-0.05, 0) is 17.2 Å². The third-order valence-corrected chi connectivity index (χ3v) is 3.44. The molecule has 0 saturated carbocycles. The van der Waals surface area contributed by atoms with Crippen molar-refractivity contribution in [3.63, 3.8) is 0 Å². The first-order valence-electron chi connectivity index (χ1n) is 8.01. The van der Waals surface area contributed by atoms with E-state index in [1.54, 1.807) is 6.07 Å². The minimum absolute atomic E-state index is 0.141. The fourth-order valence-electron chi connectivity index (χ4n) is 2.08. The van der Waals surface area contributed by atoms with Gasteiger partial charge >= 0.3 is 12.1 Å². The molecule has 0 aliphatic carbocycles. The molecular weight excluding hydrogens is 341 g/mol. The molecule has 0 aromatic heterocycles. The SMILES string of the molecule is COC(=O)Cc1ccc(OCCNC(=O)OCc2ccccc2)cc1F. The molecule has 0 atom stereocenters. The molecule has 1 amide bonds. The van der Waals surface area contributed by atoms with Crippen molar-refractivity contribution < 1.29 is 28.2 Å². The van der Waals surface area contributed by atoms with Crippen molar-refractivity contribution in [3.8, 4) is 5.75 Å². The molecular formula is C19H20FNO5. The number of ether oxygens (including phenoxy) is 3. The molecule has 0 aliphatic rings. The van der Waals surface area contributed by atoms with E-state index in [4.69, 9.17) is 9.47 Å². The number of methoxy groups -OCH3 is 1. The van der Waals surface area contributed by atoms with Gasteiger partial charge in [-0.2, -0.15) is 0 Å². The van der Waals surface area contributed by atoms with Crippen LogP contribution in [0.15, 0.2) is 48.5 Å². The van der Waals surface area contributed by atoms with Crippen LogP contribution in [-0.2, 0) is 27.3 Å². The Balaban J connectivity index is 1.68. The van der Waals surface area contributed by atoms with Crippen molar-refractivity contribution in [2.45, 2.75) is 13.0 Å². The molecule has 6 nitrogen and oxygen atoms in total. The highest BCUT2D eigenvalue weighted by Crippen LogP contribution is 2.17. The van der Waals surface area contributed by atoms with Gasteiger partial charge < -0.3 is 19.5 Å². The first kappa shape index (κ1) is 19.2. The number of halogens is 1. The third kappa shape index (κ3) is 6.43. The van der Waals surface area contributed by atoms with Gasteiger partial charge in [-0.3, -0.25) is 4.79 Å². The molecule has 26 heavy (non-hydrogen) atoms. The Bertz CT molecular complexity index is 736. The van der Waals surface area contributed by atoms with Gasteiger partial charge in [0.05, 0.1) is 20.1 Å². The molecule has 0 fully saturated rings. The standard InChI is InChI=1S/C19H20FNO5/c1-24-18(22)11-15-7-8-16(12-17(15)20)25-10-9-21-19(23)26-13-14-5-3-2-4-6-14/h2-8,12H,9-11,13H2,1H3,(H,21,23). The Labute approximate surface area is 150 Å². The Kier molecular flexibility index (Phi) is 7.42. The van der Waals surface area contributed by atoms with E-state index in [-0.39, 0.29) is 31.7 Å². The molecule has 7 heteroatoms. The summed E-state index contributed by atoms with van der Waals surface area (Å²) in [6.07, 6.45) is -0.700. The average molecular weight is 361 g/mol. The largest absolute Gasteiger partial charge is 0.492 e. The predicted octanol–water partition coefficient (Wildman–Crippen LogP) is 2.85. The number of nitrogens with one attached hydrogen (secondary N) is 1. The van der Waals surface area contributed by atoms with Crippen molar-refractivity contribution in [3.05, 3.63) is 65.5 Å². The molecule has 0 aliphatic heterocycles. The molecule has 0 bridgehead atoms. The maximum atomic E-state index is 13.9. The van der Waals surface area contributed by atoms with Gasteiger partial charge in [0.2, 0.25) is 0 Å². The van der Waals surface area contributed by atoms with E-state index in [9.17, 15) is 14.0 Å². The number of hydrogen-bond donors (Lipinski definition) is 1. The predicted molar refractivity (Wildman–Crippen MR) is 92.2 cm³/mol. The van der Waals surface area contributed by atoms with Crippen molar-refractivity contribution >= 4 is 12.1 Å². The maximum absolute atomic E-state index is 13.9. The second kappa shape index (κ2) is 10.0. The van der Waals surface area contributed by atoms with Crippen LogP contribution in [0.25, 0.3) is 0 Å². The highest BCUT2D eigenvalue weighted by atomic mass is 19.1. The van der Waals surface area contributed by atoms with E-state index in [0.29, 0.717) is 5.75 Å². The van der Waals surface area contributed by atoms with Crippen LogP contribution in [0.2, 0.25) is 0 Å². The molecule has 0 heterocycles. The maximum Gasteiger partial charge on any atom is 0.407 e. The second-order valence-corrected chi connectivity index (χ2v) is 5.34. The Morgan fingerprint density at radius 2 is 1.88 bits per heavy atom. The van der Waals surface area contributed by atoms with Crippen molar-refractivity contribution in [2.75, 3.05) is 20.3 Å². The Morgan fingerprint density at radius 1 is 1.12 bits per heavy atom. The van der Waals surface area contributed by atoms with Crippen molar-refractivity contribution in [2.24, 2.45) is 0 Å². The molecule has 2 aromatic rings. The summed E-state index contributed by atoms with van der Waals surface area (Å²) < 4.78 is 28.8. The lowest BCUT2D eigenvalue weighted by Gasteiger charge is -2.10. The molecule has 0 radical (unpaired) electrons. The normalized spacial score (nSPS) is 10.1. The first-order chi connectivity index (χ1) is 12.6. The van der Waals surface area contributed by atoms with Crippen LogP contribution in [0.5, 0.6) is 5.75 Å². The molecule has 0 spiro atoms. The number of hydrogen-bond acceptors (Lipinski definition) is 5. The van der Waals surface area contributed by atoms with E-state index >= 15 is 0 Å². The number of rotatable bonds is 8. The van der Waals surface area contributed by atoms with Gasteiger partial charge in [0, 0.05) is 6.07 Å². The fraction of sp³-hybridized carbons (Fsp3) is 0.263. The molecule has 138 valence electrons. The van der Waals surface area contributed by atoms with Crippen LogP contribution in [0, 0.1) is 5.82 Å². The zero-order chi connectivity index (χ0) is 18.8. The lowest BCUT2D eigenvalue weighted by molar-refractivity contribution is -0.139. The topological polar surface area (TPSA) is 73.9 Å². The molecule has 2 aromatic carbocycles. The van der Waals surface area contributed by atoms with Gasteiger partial charge in [0.15, 0.2) is 0 Å². The smallest absolute Gasteiger partial charge is 0.407 e. The van der Waals surface area contributed by atoms with E-state index < -0.39 is 17.9 Å². The lowest BCUT2D eigenvalue weighted by atomic mass is 10.1. The number of carbonyl (C=O) groups excluding carboxylic acids is 2. The molecule has 0 saturated heterocycles. The lowest BCUT2D eigenvalue weighted by Crippen LogP contribution is -2.28. The van der Waals surface area contributed by atoms with E-state index in [1.165, 1.54) is 19.2 Å². The molecule has 0 unspecified atom stereocenters. The minimum atomic E-state index is -0.558. The van der Waals surface area contributed by atoms with Crippen LogP contribution in [0.3, 0.4) is 0 Å². The summed E-state index contributed by atoms with van der Waals surface area (Å²) in [6, 6.07) is 13.5. The van der Waals surface area contributed by atoms with Crippen LogP contribution in [0.1, 0.15) is 11.1 Å². The zero-order valence-corrected chi connectivity index (χ0v) is 14.4. The zero-order valence-electron chi connectivity index (χ0n) is 14.4. The Hall–Kier alpha value is -3.09. The highest BCUT2D eigenvalue weighted by molar-refractivity contribution is 5.72. The fourth-order valence-corrected chi connectivity index (χ4v) is 2.08. The van der Waals surface area contributed by atoms with Crippen LogP contribution < -0.4 is 10.1 Å². The molecule has 2 rings (SSSR count). The van der Waals surface area contributed by atoms with Crippen LogP contribution in [0.4, 0.5) is 9.18 Å². The quantitative estimate of drug-likeness (QED) is 0.578. The summed E-state index contributed by atoms with van der Waals surface area (Å²) in [5.74, 6) is -0.769. The number of amides is 1. The number of benzene rings is 2. The van der Waals surface area contributed by atoms with Gasteiger partial charge in [0.25, 0.3) is 0 Å². The van der Waals surface area contributed by atoms with Crippen molar-refractivity contribution in [1.82, 2.24) is 5.32 Å². The summed E-state index contributed by atoms with van der Waals surface area (Å²) in [4.78, 5) is 22.7. The number of esters is 1. The third-order valence-electron chi connectivity index (χ3n) is 3.44. The summed E-state index contributed by atoms with van der Waals surface area (Å²) >= 11 is 0. The van der Waals surface area contributed by atoms with Gasteiger partial charge in [-0.1, -0.05) is 36.4 Å². The summed E-state index contributed by atoms with van der Waals surface area (Å²) in [6.45, 7) is 0.537. The summed E-state index contributed by atoms with van der Waals surface area (Å²) in [5.41, 5.74) is 1.12. The van der Waals surface area contributed by atoms with E-state index in [2.05, 4.69) is 10.1 Å². The highest BCUT2D eigenvalue weighted by Gasteiger charge is 2.09.